The van der Waals surface area contributed by atoms with E-state index >= 15 is 0 Å². The van der Waals surface area contributed by atoms with Crippen LogP contribution in [-0.4, -0.2) is 77.0 Å². The SMILES string of the molecule is CC(=O)N[C@@](C)(NC(=O)[C@@H]1CCCN(C(=O)CCC2CCN(C(=O)OC(C)(C)C)CC2)C1)C(=O)OCc1ccccc1. The fourth-order valence-electron chi connectivity index (χ4n) is 5.34. The van der Waals surface area contributed by atoms with E-state index in [4.69, 9.17) is 9.47 Å². The molecule has 11 nitrogen and oxygen atoms in total. The van der Waals surface area contributed by atoms with Crippen LogP contribution in [0.15, 0.2) is 30.3 Å². The number of esters is 1. The lowest BCUT2D eigenvalue weighted by molar-refractivity contribution is -0.158. The molecule has 0 aliphatic carbocycles. The predicted molar refractivity (Wildman–Crippen MR) is 156 cm³/mol. The molecule has 2 atom stereocenters. The number of amides is 4. The number of carbonyl (C=O) groups excluding carboxylic acids is 5. The summed E-state index contributed by atoms with van der Waals surface area (Å²) in [7, 11) is 0. The molecule has 0 aromatic heterocycles. The van der Waals surface area contributed by atoms with Crippen molar-refractivity contribution in [2.45, 2.75) is 91.0 Å². The first kappa shape index (κ1) is 32.9. The van der Waals surface area contributed by atoms with Crippen molar-refractivity contribution in [2.75, 3.05) is 26.2 Å². The molecule has 0 radical (unpaired) electrons. The largest absolute Gasteiger partial charge is 0.458 e. The first-order chi connectivity index (χ1) is 19.8. The molecule has 2 aliphatic heterocycles. The van der Waals surface area contributed by atoms with Gasteiger partial charge in [0.1, 0.15) is 12.2 Å². The number of likely N-dealkylation sites (tertiary alicyclic amines) is 2. The van der Waals surface area contributed by atoms with Gasteiger partial charge in [-0.2, -0.15) is 0 Å². The van der Waals surface area contributed by atoms with Crippen LogP contribution in [0.5, 0.6) is 0 Å². The minimum Gasteiger partial charge on any atom is -0.458 e. The maximum absolute atomic E-state index is 13.3. The van der Waals surface area contributed by atoms with E-state index in [1.165, 1.54) is 13.8 Å². The Balaban J connectivity index is 1.49. The fraction of sp³-hybridized carbons (Fsp3) is 0.645. The van der Waals surface area contributed by atoms with Crippen molar-refractivity contribution in [3.8, 4) is 0 Å². The van der Waals surface area contributed by atoms with E-state index in [0.717, 1.165) is 24.8 Å². The van der Waals surface area contributed by atoms with Crippen molar-refractivity contribution < 1.29 is 33.4 Å². The topological polar surface area (TPSA) is 134 Å². The third-order valence-electron chi connectivity index (χ3n) is 7.60. The van der Waals surface area contributed by atoms with E-state index < -0.39 is 35.0 Å². The zero-order valence-electron chi connectivity index (χ0n) is 25.6. The van der Waals surface area contributed by atoms with Gasteiger partial charge in [0.2, 0.25) is 23.4 Å². The van der Waals surface area contributed by atoms with Crippen molar-refractivity contribution in [2.24, 2.45) is 11.8 Å². The Morgan fingerprint density at radius 1 is 0.905 bits per heavy atom. The van der Waals surface area contributed by atoms with E-state index in [1.54, 1.807) is 9.80 Å². The smallest absolute Gasteiger partial charge is 0.410 e. The van der Waals surface area contributed by atoms with Crippen LogP contribution in [0.2, 0.25) is 0 Å². The van der Waals surface area contributed by atoms with Crippen molar-refractivity contribution in [1.29, 1.82) is 0 Å². The van der Waals surface area contributed by atoms with Gasteiger partial charge in [-0.15, -0.1) is 0 Å². The number of hydrogen-bond donors (Lipinski definition) is 2. The Kier molecular flexibility index (Phi) is 11.4. The highest BCUT2D eigenvalue weighted by Gasteiger charge is 2.40. The van der Waals surface area contributed by atoms with Crippen molar-refractivity contribution >= 4 is 29.8 Å². The number of piperidine rings is 2. The highest BCUT2D eigenvalue weighted by molar-refractivity contribution is 5.92. The maximum atomic E-state index is 13.3. The molecule has 3 rings (SSSR count). The van der Waals surface area contributed by atoms with Crippen LogP contribution in [0, 0.1) is 11.8 Å². The van der Waals surface area contributed by atoms with Gasteiger partial charge in [-0.05, 0) is 71.3 Å². The van der Waals surface area contributed by atoms with Gasteiger partial charge in [0, 0.05) is 39.5 Å². The summed E-state index contributed by atoms with van der Waals surface area (Å²) < 4.78 is 10.9. The lowest BCUT2D eigenvalue weighted by atomic mass is 9.91. The highest BCUT2D eigenvalue weighted by Crippen LogP contribution is 2.25. The summed E-state index contributed by atoms with van der Waals surface area (Å²) in [6, 6.07) is 9.11. The summed E-state index contributed by atoms with van der Waals surface area (Å²) in [5.41, 5.74) is -1.51. The summed E-state index contributed by atoms with van der Waals surface area (Å²) in [5, 5.41) is 5.19. The Morgan fingerprint density at radius 3 is 2.19 bits per heavy atom. The number of carbonyl (C=O) groups is 5. The average molecular weight is 587 g/mol. The first-order valence-corrected chi connectivity index (χ1v) is 14.8. The second-order valence-corrected chi connectivity index (χ2v) is 12.5. The highest BCUT2D eigenvalue weighted by atomic mass is 16.6. The van der Waals surface area contributed by atoms with Gasteiger partial charge in [0.15, 0.2) is 0 Å². The summed E-state index contributed by atoms with van der Waals surface area (Å²) in [6.45, 7) is 10.2. The monoisotopic (exact) mass is 586 g/mol. The lowest BCUT2D eigenvalue weighted by Gasteiger charge is -2.36. The van der Waals surface area contributed by atoms with E-state index in [1.807, 2.05) is 51.1 Å². The number of ether oxygens (including phenoxy) is 2. The minimum atomic E-state index is -1.75. The Labute approximate surface area is 248 Å². The molecule has 0 spiro atoms. The van der Waals surface area contributed by atoms with E-state index in [0.29, 0.717) is 44.8 Å². The molecule has 0 saturated carbocycles. The van der Waals surface area contributed by atoms with Crippen LogP contribution in [0.4, 0.5) is 4.79 Å². The Morgan fingerprint density at radius 2 is 1.57 bits per heavy atom. The van der Waals surface area contributed by atoms with Gasteiger partial charge in [-0.1, -0.05) is 30.3 Å². The van der Waals surface area contributed by atoms with Crippen molar-refractivity contribution in [3.05, 3.63) is 35.9 Å². The molecule has 2 saturated heterocycles. The second-order valence-electron chi connectivity index (χ2n) is 12.5. The molecule has 2 heterocycles. The molecule has 232 valence electrons. The number of nitrogens with one attached hydrogen (secondary N) is 2. The average Bonchev–Trinajstić information content (AvgIpc) is 2.94. The number of hydrogen-bond acceptors (Lipinski definition) is 7. The van der Waals surface area contributed by atoms with E-state index in [9.17, 15) is 24.0 Å². The lowest BCUT2D eigenvalue weighted by Crippen LogP contribution is -2.65. The van der Waals surface area contributed by atoms with Gasteiger partial charge in [-0.25, -0.2) is 9.59 Å². The summed E-state index contributed by atoms with van der Waals surface area (Å²) >= 11 is 0. The molecule has 1 aromatic carbocycles. The molecule has 0 bridgehead atoms. The second kappa shape index (κ2) is 14.5. The summed E-state index contributed by atoms with van der Waals surface area (Å²) in [4.78, 5) is 67.0. The molecule has 1 aromatic rings. The van der Waals surface area contributed by atoms with E-state index in [-0.39, 0.29) is 25.2 Å². The minimum absolute atomic E-state index is 0.00352. The Hall–Kier alpha value is -3.63. The van der Waals surface area contributed by atoms with Crippen LogP contribution in [0.3, 0.4) is 0 Å². The third kappa shape index (κ3) is 10.0. The van der Waals surface area contributed by atoms with E-state index in [2.05, 4.69) is 10.6 Å². The molecule has 11 heteroatoms. The van der Waals surface area contributed by atoms with Gasteiger partial charge < -0.3 is 29.9 Å². The van der Waals surface area contributed by atoms with Gasteiger partial charge >= 0.3 is 12.1 Å². The molecular weight excluding hydrogens is 540 g/mol. The quantitative estimate of drug-likeness (QED) is 0.335. The van der Waals surface area contributed by atoms with Gasteiger partial charge in [-0.3, -0.25) is 14.4 Å². The van der Waals surface area contributed by atoms with Gasteiger partial charge in [0.25, 0.3) is 0 Å². The molecule has 42 heavy (non-hydrogen) atoms. The molecule has 2 fully saturated rings. The standard InChI is InChI=1S/C31H46N4O7/c1-22(36)32-31(5,28(39)41-21-24-10-7-6-8-11-24)33-27(38)25-12-9-17-35(20-25)26(37)14-13-23-15-18-34(19-16-23)29(40)42-30(2,3)4/h6-8,10-11,23,25H,9,12-21H2,1-5H3,(H,32,36)(H,33,38)/t25-,31+/m1/s1. The van der Waals surface area contributed by atoms with Crippen LogP contribution in [0.1, 0.15) is 78.7 Å². The molecular formula is C31H46N4O7. The van der Waals surface area contributed by atoms with Gasteiger partial charge in [0.05, 0.1) is 5.92 Å². The fourth-order valence-corrected chi connectivity index (χ4v) is 5.34. The predicted octanol–water partition coefficient (Wildman–Crippen LogP) is 3.36. The zero-order valence-corrected chi connectivity index (χ0v) is 25.6. The molecule has 4 amide bonds. The van der Waals surface area contributed by atoms with Crippen LogP contribution in [-0.2, 0) is 35.3 Å². The van der Waals surface area contributed by atoms with Crippen LogP contribution < -0.4 is 10.6 Å². The van der Waals surface area contributed by atoms with Crippen LogP contribution in [0.25, 0.3) is 0 Å². The maximum Gasteiger partial charge on any atom is 0.410 e. The Bertz CT molecular complexity index is 1110. The summed E-state index contributed by atoms with van der Waals surface area (Å²) in [5.74, 6) is -1.88. The van der Waals surface area contributed by atoms with Crippen molar-refractivity contribution in [1.82, 2.24) is 20.4 Å². The molecule has 0 unspecified atom stereocenters. The molecule has 2 aliphatic rings. The number of benzene rings is 1. The van der Waals surface area contributed by atoms with Crippen molar-refractivity contribution in [3.63, 3.8) is 0 Å². The summed E-state index contributed by atoms with van der Waals surface area (Å²) in [6.07, 6.45) is 3.66. The number of rotatable bonds is 9. The van der Waals surface area contributed by atoms with Crippen LogP contribution >= 0.6 is 0 Å². The molecule has 2 N–H and O–H groups in total. The third-order valence-corrected chi connectivity index (χ3v) is 7.60. The normalized spacial score (nSPS) is 19.3. The number of nitrogens with zero attached hydrogens (tertiary/aromatic N) is 2. The zero-order chi connectivity index (χ0) is 30.9. The first-order valence-electron chi connectivity index (χ1n) is 14.8.